The third-order valence-corrected chi connectivity index (χ3v) is 5.30. The quantitative estimate of drug-likeness (QED) is 0.724. The molecule has 30 heavy (non-hydrogen) atoms. The predicted octanol–water partition coefficient (Wildman–Crippen LogP) is 4.27. The first-order chi connectivity index (χ1) is 14.2. The molecule has 1 unspecified atom stereocenters. The summed E-state index contributed by atoms with van der Waals surface area (Å²) in [5.41, 5.74) is 2.40. The van der Waals surface area contributed by atoms with Gasteiger partial charge in [0.15, 0.2) is 0 Å². The maximum atomic E-state index is 12.8. The second-order valence-corrected chi connectivity index (χ2v) is 7.82. The molecule has 1 aliphatic heterocycles. The molecule has 2 heterocycles. The number of aromatic nitrogens is 1. The Hall–Kier alpha value is -2.29. The van der Waals surface area contributed by atoms with E-state index in [9.17, 15) is 23.5 Å². The number of nitrogens with zero attached hydrogens (tertiary/aromatic N) is 1. The number of pyridine rings is 1. The number of hydrogen-bond donors (Lipinski definition) is 1. The maximum absolute atomic E-state index is 12.8. The summed E-state index contributed by atoms with van der Waals surface area (Å²) in [7, 11) is 0. The van der Waals surface area contributed by atoms with Gasteiger partial charge >= 0.3 is 12.6 Å². The smallest absolute Gasteiger partial charge is 0.345 e. The summed E-state index contributed by atoms with van der Waals surface area (Å²) in [6, 6.07) is 5.39. The average molecular weight is 442 g/mol. The predicted molar refractivity (Wildman–Crippen MR) is 107 cm³/mol. The molecular weight excluding hydrogens is 420 g/mol. The molecule has 0 amide bonds. The number of ether oxygens (including phenoxy) is 2. The molecule has 1 aliphatic rings. The molecule has 3 atom stereocenters. The van der Waals surface area contributed by atoms with E-state index in [1.807, 2.05) is 13.0 Å². The third kappa shape index (κ3) is 5.06. The highest BCUT2D eigenvalue weighted by Gasteiger charge is 2.27. The normalized spacial score (nSPS) is 18.1. The van der Waals surface area contributed by atoms with Crippen molar-refractivity contribution in [1.82, 2.24) is 4.57 Å². The number of carbonyl (C=O) groups is 1. The van der Waals surface area contributed by atoms with Crippen molar-refractivity contribution in [2.24, 2.45) is 0 Å². The van der Waals surface area contributed by atoms with Gasteiger partial charge in [-0.3, -0.25) is 4.79 Å². The Balaban J connectivity index is 2.08. The van der Waals surface area contributed by atoms with Crippen molar-refractivity contribution in [2.75, 3.05) is 0 Å². The van der Waals surface area contributed by atoms with Gasteiger partial charge in [0, 0.05) is 29.3 Å². The lowest BCUT2D eigenvalue weighted by Gasteiger charge is -2.25. The van der Waals surface area contributed by atoms with Crippen molar-refractivity contribution >= 4 is 17.6 Å². The van der Waals surface area contributed by atoms with E-state index in [1.165, 1.54) is 19.2 Å². The van der Waals surface area contributed by atoms with Crippen molar-refractivity contribution in [3.05, 3.63) is 57.0 Å². The number of halogens is 3. The van der Waals surface area contributed by atoms with Gasteiger partial charge in [-0.2, -0.15) is 8.78 Å². The molecule has 3 rings (SSSR count). The molecule has 0 saturated carbocycles. The van der Waals surface area contributed by atoms with Crippen LogP contribution in [-0.2, 0) is 27.3 Å². The van der Waals surface area contributed by atoms with Gasteiger partial charge in [-0.25, -0.2) is 4.79 Å². The molecule has 0 spiro atoms. The number of fused-ring (bicyclic) bond motifs is 3. The largest absolute Gasteiger partial charge is 0.480 e. The van der Waals surface area contributed by atoms with E-state index < -0.39 is 30.3 Å². The van der Waals surface area contributed by atoms with Crippen LogP contribution in [0.5, 0.6) is 0 Å². The fourth-order valence-electron chi connectivity index (χ4n) is 3.66. The first kappa shape index (κ1) is 22.4. The standard InChI is InChI=1S/C21H22ClF2NO5/c1-11-5-13-3-4-15(22)7-16(13)17-8-19(26)25(9-14(17)10-29-11)18(20(27)28)6-12(2)30-21(23)24/h3-4,7-9,11-12,18,21H,5-6,10H2,1-2H3,(H,27,28)/t11-,12+,18?/m1/s1. The summed E-state index contributed by atoms with van der Waals surface area (Å²) in [5.74, 6) is -1.31. The number of alkyl halides is 2. The molecule has 9 heteroatoms. The molecule has 0 saturated heterocycles. The minimum absolute atomic E-state index is 0.104. The Morgan fingerprint density at radius 2 is 2.03 bits per heavy atom. The molecule has 0 aliphatic carbocycles. The number of hydrogen-bond acceptors (Lipinski definition) is 4. The van der Waals surface area contributed by atoms with Gasteiger partial charge in [0.25, 0.3) is 5.56 Å². The van der Waals surface area contributed by atoms with Crippen LogP contribution in [0.4, 0.5) is 8.78 Å². The van der Waals surface area contributed by atoms with E-state index in [2.05, 4.69) is 4.74 Å². The van der Waals surface area contributed by atoms with Crippen LogP contribution in [0, 0.1) is 0 Å². The zero-order chi connectivity index (χ0) is 22.0. The van der Waals surface area contributed by atoms with Crippen LogP contribution < -0.4 is 5.56 Å². The fourth-order valence-corrected chi connectivity index (χ4v) is 3.83. The van der Waals surface area contributed by atoms with Gasteiger partial charge in [-0.1, -0.05) is 17.7 Å². The summed E-state index contributed by atoms with van der Waals surface area (Å²) in [4.78, 5) is 24.6. The summed E-state index contributed by atoms with van der Waals surface area (Å²) in [6.45, 7) is 0.392. The van der Waals surface area contributed by atoms with Gasteiger partial charge in [0.1, 0.15) is 6.04 Å². The third-order valence-electron chi connectivity index (χ3n) is 5.07. The van der Waals surface area contributed by atoms with Crippen LogP contribution in [0.25, 0.3) is 11.1 Å². The van der Waals surface area contributed by atoms with Crippen molar-refractivity contribution in [3.8, 4) is 11.1 Å². The number of aliphatic carboxylic acids is 1. The highest BCUT2D eigenvalue weighted by atomic mass is 35.5. The van der Waals surface area contributed by atoms with Gasteiger partial charge in [-0.15, -0.1) is 0 Å². The zero-order valence-corrected chi connectivity index (χ0v) is 17.2. The summed E-state index contributed by atoms with van der Waals surface area (Å²) in [6.07, 6.45) is 0.602. The van der Waals surface area contributed by atoms with Crippen LogP contribution in [0.2, 0.25) is 5.02 Å². The highest BCUT2D eigenvalue weighted by molar-refractivity contribution is 6.30. The highest BCUT2D eigenvalue weighted by Crippen LogP contribution is 2.33. The minimum Gasteiger partial charge on any atom is -0.480 e. The van der Waals surface area contributed by atoms with E-state index in [1.54, 1.807) is 12.1 Å². The number of carboxylic acids is 1. The van der Waals surface area contributed by atoms with Crippen LogP contribution in [-0.4, -0.2) is 34.5 Å². The Morgan fingerprint density at radius 1 is 1.33 bits per heavy atom. The zero-order valence-electron chi connectivity index (χ0n) is 16.5. The Kier molecular flexibility index (Phi) is 6.90. The molecule has 1 N–H and O–H groups in total. The molecule has 0 radical (unpaired) electrons. The Morgan fingerprint density at radius 3 is 2.70 bits per heavy atom. The lowest BCUT2D eigenvalue weighted by atomic mass is 9.92. The molecular formula is C21H22ClF2NO5. The molecule has 162 valence electrons. The number of benzene rings is 1. The summed E-state index contributed by atoms with van der Waals surface area (Å²) >= 11 is 6.17. The van der Waals surface area contributed by atoms with Gasteiger partial charge in [-0.05, 0) is 49.1 Å². The fraction of sp³-hybridized carbons (Fsp3) is 0.429. The monoisotopic (exact) mass is 441 g/mol. The Labute approximate surface area is 177 Å². The van der Waals surface area contributed by atoms with Crippen LogP contribution in [0.1, 0.15) is 37.4 Å². The van der Waals surface area contributed by atoms with Crippen LogP contribution >= 0.6 is 11.6 Å². The van der Waals surface area contributed by atoms with Crippen molar-refractivity contribution in [2.45, 2.75) is 58.2 Å². The molecule has 2 aromatic rings. The van der Waals surface area contributed by atoms with Crippen molar-refractivity contribution in [3.63, 3.8) is 0 Å². The second kappa shape index (κ2) is 9.24. The first-order valence-corrected chi connectivity index (χ1v) is 9.85. The molecule has 6 nitrogen and oxygen atoms in total. The van der Waals surface area contributed by atoms with E-state index >= 15 is 0 Å². The molecule has 0 bridgehead atoms. The van der Waals surface area contributed by atoms with E-state index in [0.29, 0.717) is 22.6 Å². The first-order valence-electron chi connectivity index (χ1n) is 9.47. The average Bonchev–Trinajstić information content (AvgIpc) is 2.65. The van der Waals surface area contributed by atoms with Crippen molar-refractivity contribution in [1.29, 1.82) is 0 Å². The second-order valence-electron chi connectivity index (χ2n) is 7.38. The topological polar surface area (TPSA) is 77.8 Å². The lowest BCUT2D eigenvalue weighted by molar-refractivity contribution is -0.166. The number of rotatable bonds is 6. The van der Waals surface area contributed by atoms with E-state index in [4.69, 9.17) is 16.3 Å². The summed E-state index contributed by atoms with van der Waals surface area (Å²) < 4.78 is 36.2. The minimum atomic E-state index is -3.03. The number of carboxylic acid groups (broad SMARTS) is 1. The molecule has 1 aromatic carbocycles. The van der Waals surface area contributed by atoms with Crippen LogP contribution in [0.15, 0.2) is 35.3 Å². The van der Waals surface area contributed by atoms with Crippen LogP contribution in [0.3, 0.4) is 0 Å². The Bertz CT molecular complexity index is 994. The van der Waals surface area contributed by atoms with E-state index in [-0.39, 0.29) is 19.1 Å². The SMILES string of the molecule is C[C@@H]1Cc2ccc(Cl)cc2-c2cc(=O)n(C(C[C@H](C)OC(F)F)C(=O)O)cc2CO1. The van der Waals surface area contributed by atoms with Crippen molar-refractivity contribution < 1.29 is 28.2 Å². The van der Waals surface area contributed by atoms with Gasteiger partial charge < -0.3 is 19.1 Å². The molecule has 0 fully saturated rings. The molecule has 1 aromatic heterocycles. The van der Waals surface area contributed by atoms with Gasteiger partial charge in [0.05, 0.1) is 18.8 Å². The summed E-state index contributed by atoms with van der Waals surface area (Å²) in [5, 5.41) is 10.1. The van der Waals surface area contributed by atoms with E-state index in [0.717, 1.165) is 15.7 Å². The van der Waals surface area contributed by atoms with Gasteiger partial charge in [0.2, 0.25) is 0 Å². The maximum Gasteiger partial charge on any atom is 0.345 e. The lowest BCUT2D eigenvalue weighted by Crippen LogP contribution is -2.33.